The fourth-order valence-electron chi connectivity index (χ4n) is 1.77. The molecule has 0 aliphatic heterocycles. The van der Waals surface area contributed by atoms with Gasteiger partial charge in [0, 0.05) is 25.7 Å². The summed E-state index contributed by atoms with van der Waals surface area (Å²) < 4.78 is 5.00. The van der Waals surface area contributed by atoms with E-state index < -0.39 is 0 Å². The Kier molecular flexibility index (Phi) is 6.36. The number of aliphatic hydroxyl groups is 1. The van der Waals surface area contributed by atoms with Crippen LogP contribution in [-0.2, 0) is 4.74 Å². The summed E-state index contributed by atoms with van der Waals surface area (Å²) in [7, 11) is 3.61. The Morgan fingerprint density at radius 3 is 2.27 bits per heavy atom. The zero-order valence-electron chi connectivity index (χ0n) is 10.7. The Bertz CT molecular complexity index is 168. The molecule has 0 heterocycles. The van der Waals surface area contributed by atoms with Gasteiger partial charge >= 0.3 is 0 Å². The van der Waals surface area contributed by atoms with E-state index in [0.717, 1.165) is 6.54 Å². The van der Waals surface area contributed by atoms with Gasteiger partial charge in [0.25, 0.3) is 0 Å². The van der Waals surface area contributed by atoms with E-state index in [0.29, 0.717) is 6.61 Å². The van der Waals surface area contributed by atoms with E-state index in [1.807, 2.05) is 7.05 Å². The molecular formula is C11H26N2O2. The average Bonchev–Trinajstić information content (AvgIpc) is 2.02. The van der Waals surface area contributed by atoms with Gasteiger partial charge in [-0.3, -0.25) is 4.90 Å². The molecule has 0 rings (SSSR count). The first-order chi connectivity index (χ1) is 6.81. The molecule has 92 valence electrons. The van der Waals surface area contributed by atoms with Crippen molar-refractivity contribution in [1.29, 1.82) is 0 Å². The van der Waals surface area contributed by atoms with E-state index in [4.69, 9.17) is 10.5 Å². The number of aliphatic hydroxyl groups excluding tert-OH is 1. The van der Waals surface area contributed by atoms with Crippen LogP contribution in [0.3, 0.4) is 0 Å². The lowest BCUT2D eigenvalue weighted by Gasteiger charge is -2.35. The molecule has 3 N–H and O–H groups in total. The van der Waals surface area contributed by atoms with Crippen LogP contribution in [0.5, 0.6) is 0 Å². The van der Waals surface area contributed by atoms with E-state index in [-0.39, 0.29) is 24.1 Å². The van der Waals surface area contributed by atoms with Crippen molar-refractivity contribution in [2.45, 2.75) is 32.9 Å². The second kappa shape index (κ2) is 6.43. The fourth-order valence-corrected chi connectivity index (χ4v) is 1.77. The molecule has 0 spiro atoms. The van der Waals surface area contributed by atoms with Crippen molar-refractivity contribution in [2.75, 3.05) is 33.9 Å². The molecule has 0 saturated heterocycles. The van der Waals surface area contributed by atoms with Crippen LogP contribution in [0.25, 0.3) is 0 Å². The molecule has 0 aliphatic carbocycles. The summed E-state index contributed by atoms with van der Waals surface area (Å²) in [5.74, 6) is 0. The van der Waals surface area contributed by atoms with Crippen molar-refractivity contribution in [3.05, 3.63) is 0 Å². The van der Waals surface area contributed by atoms with Gasteiger partial charge in [-0.15, -0.1) is 0 Å². The van der Waals surface area contributed by atoms with Gasteiger partial charge in [0.2, 0.25) is 0 Å². The highest BCUT2D eigenvalue weighted by Crippen LogP contribution is 2.16. The summed E-state index contributed by atoms with van der Waals surface area (Å²) in [5, 5.41) is 9.31. The number of hydrogen-bond donors (Lipinski definition) is 2. The number of rotatable bonds is 6. The maximum atomic E-state index is 9.31. The normalized spacial score (nSPS) is 16.8. The number of methoxy groups -OCH3 is 1. The molecule has 4 nitrogen and oxygen atoms in total. The van der Waals surface area contributed by atoms with E-state index in [1.165, 1.54) is 0 Å². The van der Waals surface area contributed by atoms with Crippen molar-refractivity contribution < 1.29 is 9.84 Å². The molecule has 0 aromatic heterocycles. The SMILES string of the molecule is COCC(N)C(CO)N(C)CC(C)(C)C. The largest absolute Gasteiger partial charge is 0.395 e. The zero-order valence-corrected chi connectivity index (χ0v) is 10.7. The first-order valence-electron chi connectivity index (χ1n) is 5.37. The minimum atomic E-state index is -0.146. The summed E-state index contributed by atoms with van der Waals surface area (Å²) in [6.45, 7) is 7.94. The molecule has 0 fully saturated rings. The van der Waals surface area contributed by atoms with E-state index in [2.05, 4.69) is 25.7 Å². The summed E-state index contributed by atoms with van der Waals surface area (Å²) in [6.07, 6.45) is 0. The molecule has 0 aromatic carbocycles. The highest BCUT2D eigenvalue weighted by atomic mass is 16.5. The van der Waals surface area contributed by atoms with E-state index >= 15 is 0 Å². The van der Waals surface area contributed by atoms with Crippen LogP contribution in [0.1, 0.15) is 20.8 Å². The molecule has 15 heavy (non-hydrogen) atoms. The molecule has 2 atom stereocenters. The lowest BCUT2D eigenvalue weighted by Crippen LogP contribution is -2.52. The van der Waals surface area contributed by atoms with Gasteiger partial charge in [-0.1, -0.05) is 20.8 Å². The van der Waals surface area contributed by atoms with Gasteiger partial charge in [0.15, 0.2) is 0 Å². The van der Waals surface area contributed by atoms with Crippen LogP contribution >= 0.6 is 0 Å². The monoisotopic (exact) mass is 218 g/mol. The van der Waals surface area contributed by atoms with Gasteiger partial charge in [0.05, 0.1) is 13.2 Å². The molecule has 4 heteroatoms. The summed E-state index contributed by atoms with van der Waals surface area (Å²) in [6, 6.07) is -0.184. The Morgan fingerprint density at radius 1 is 1.40 bits per heavy atom. The third-order valence-electron chi connectivity index (χ3n) is 2.33. The van der Waals surface area contributed by atoms with Crippen molar-refractivity contribution in [2.24, 2.45) is 11.1 Å². The lowest BCUT2D eigenvalue weighted by molar-refractivity contribution is 0.0676. The standard InChI is InChI=1S/C11H26N2O2/c1-11(2,3)8-13(4)10(6-14)9(12)7-15-5/h9-10,14H,6-8,12H2,1-5H3. The predicted octanol–water partition coefficient (Wildman–Crippen LogP) is 0.299. The zero-order chi connectivity index (χ0) is 12.1. The first kappa shape index (κ1) is 14.8. The van der Waals surface area contributed by atoms with Crippen LogP contribution in [0.2, 0.25) is 0 Å². The van der Waals surface area contributed by atoms with Gasteiger partial charge < -0.3 is 15.6 Å². The lowest BCUT2D eigenvalue weighted by atomic mass is 9.95. The van der Waals surface area contributed by atoms with Crippen LogP contribution < -0.4 is 5.73 Å². The predicted molar refractivity (Wildman–Crippen MR) is 62.8 cm³/mol. The molecule has 0 aliphatic rings. The number of likely N-dealkylation sites (N-methyl/N-ethyl adjacent to an activating group) is 1. The van der Waals surface area contributed by atoms with Gasteiger partial charge in [0.1, 0.15) is 0 Å². The molecule has 2 unspecified atom stereocenters. The van der Waals surface area contributed by atoms with Gasteiger partial charge in [-0.05, 0) is 12.5 Å². The van der Waals surface area contributed by atoms with Crippen LogP contribution in [0.4, 0.5) is 0 Å². The third-order valence-corrected chi connectivity index (χ3v) is 2.33. The second-order valence-corrected chi connectivity index (χ2v) is 5.34. The summed E-state index contributed by atoms with van der Waals surface area (Å²) >= 11 is 0. The second-order valence-electron chi connectivity index (χ2n) is 5.34. The smallest absolute Gasteiger partial charge is 0.0629 e. The highest BCUT2D eigenvalue weighted by Gasteiger charge is 2.24. The van der Waals surface area contributed by atoms with Gasteiger partial charge in [-0.25, -0.2) is 0 Å². The highest BCUT2D eigenvalue weighted by molar-refractivity contribution is 4.82. The quantitative estimate of drug-likeness (QED) is 0.673. The average molecular weight is 218 g/mol. The number of ether oxygens (including phenoxy) is 1. The maximum Gasteiger partial charge on any atom is 0.0629 e. The first-order valence-corrected chi connectivity index (χ1v) is 5.37. The Labute approximate surface area is 93.4 Å². The summed E-state index contributed by atoms with van der Waals surface area (Å²) in [5.41, 5.74) is 6.14. The Hall–Kier alpha value is -0.160. The Morgan fingerprint density at radius 2 is 1.93 bits per heavy atom. The van der Waals surface area contributed by atoms with Crippen LogP contribution in [0, 0.1) is 5.41 Å². The van der Waals surface area contributed by atoms with E-state index in [1.54, 1.807) is 7.11 Å². The molecule has 0 bridgehead atoms. The summed E-state index contributed by atoms with van der Waals surface area (Å²) in [4.78, 5) is 2.10. The fraction of sp³-hybridized carbons (Fsp3) is 1.00. The number of hydrogen-bond acceptors (Lipinski definition) is 4. The molecule has 0 aromatic rings. The number of nitrogens with zero attached hydrogens (tertiary/aromatic N) is 1. The molecular weight excluding hydrogens is 192 g/mol. The van der Waals surface area contributed by atoms with Crippen molar-refractivity contribution in [3.8, 4) is 0 Å². The molecule has 0 saturated carbocycles. The van der Waals surface area contributed by atoms with E-state index in [9.17, 15) is 5.11 Å². The number of nitrogens with two attached hydrogens (primary N) is 1. The maximum absolute atomic E-state index is 9.31. The van der Waals surface area contributed by atoms with Crippen molar-refractivity contribution >= 4 is 0 Å². The van der Waals surface area contributed by atoms with Crippen molar-refractivity contribution in [1.82, 2.24) is 4.90 Å². The molecule has 0 radical (unpaired) electrons. The van der Waals surface area contributed by atoms with Crippen LogP contribution in [0.15, 0.2) is 0 Å². The van der Waals surface area contributed by atoms with Gasteiger partial charge in [-0.2, -0.15) is 0 Å². The minimum absolute atomic E-state index is 0.0378. The van der Waals surface area contributed by atoms with Crippen LogP contribution in [-0.4, -0.2) is 56.0 Å². The minimum Gasteiger partial charge on any atom is -0.395 e. The molecule has 0 amide bonds. The topological polar surface area (TPSA) is 58.7 Å². The Balaban J connectivity index is 4.27. The third kappa shape index (κ3) is 6.10. The van der Waals surface area contributed by atoms with Crippen molar-refractivity contribution in [3.63, 3.8) is 0 Å².